The van der Waals surface area contributed by atoms with Gasteiger partial charge in [0.25, 0.3) is 0 Å². The number of hydrogen-bond donors (Lipinski definition) is 1. The quantitative estimate of drug-likeness (QED) is 0.440. The second-order valence-corrected chi connectivity index (χ2v) is 8.62. The zero-order valence-electron chi connectivity index (χ0n) is 16.0. The van der Waals surface area contributed by atoms with E-state index in [0.29, 0.717) is 6.42 Å². The maximum Gasteiger partial charge on any atom is 0.220 e. The van der Waals surface area contributed by atoms with Crippen LogP contribution in [0, 0.1) is 0 Å². The summed E-state index contributed by atoms with van der Waals surface area (Å²) in [5, 5.41) is 11.7. The van der Waals surface area contributed by atoms with Crippen LogP contribution in [0.2, 0.25) is 0 Å². The molecule has 0 saturated carbocycles. The van der Waals surface area contributed by atoms with Gasteiger partial charge in [-0.15, -0.1) is 10.2 Å². The smallest absolute Gasteiger partial charge is 0.220 e. The van der Waals surface area contributed by atoms with E-state index in [2.05, 4.69) is 62.0 Å². The topological polar surface area (TPSA) is 59.3 Å². The Morgan fingerprint density at radius 1 is 1.18 bits per heavy atom. The first-order valence-electron chi connectivity index (χ1n) is 9.50. The van der Waals surface area contributed by atoms with E-state index >= 15 is 0 Å². The first-order valence-corrected chi connectivity index (χ1v) is 11.7. The van der Waals surface area contributed by atoms with Crippen LogP contribution in [0.1, 0.15) is 43.1 Å². The zero-order valence-corrected chi connectivity index (χ0v) is 18.4. The maximum atomic E-state index is 12.5. The molecule has 2 aromatic heterocycles. The molecule has 1 amide bonds. The van der Waals surface area contributed by atoms with E-state index in [1.54, 1.807) is 11.8 Å². The van der Waals surface area contributed by atoms with Crippen molar-refractivity contribution in [2.75, 3.05) is 12.0 Å². The highest BCUT2D eigenvalue weighted by molar-refractivity contribution is 9.10. The van der Waals surface area contributed by atoms with Crippen LogP contribution in [0.5, 0.6) is 0 Å². The Balaban J connectivity index is 1.53. The summed E-state index contributed by atoms with van der Waals surface area (Å²) in [6, 6.07) is 14.1. The number of aryl methyl sites for hydroxylation is 1. The molecule has 0 bridgehead atoms. The summed E-state index contributed by atoms with van der Waals surface area (Å²) >= 11 is 5.22. The number of nitrogens with zero attached hydrogens (tertiary/aromatic N) is 3. The Hall–Kier alpha value is -1.86. The highest BCUT2D eigenvalue weighted by Gasteiger charge is 2.19. The average molecular weight is 461 g/mol. The minimum atomic E-state index is -0.121. The van der Waals surface area contributed by atoms with Gasteiger partial charge in [0.1, 0.15) is 0 Å². The molecule has 1 atom stereocenters. The molecule has 7 heteroatoms. The summed E-state index contributed by atoms with van der Waals surface area (Å²) in [6.07, 6.45) is 8.25. The van der Waals surface area contributed by atoms with E-state index in [-0.39, 0.29) is 11.9 Å². The van der Waals surface area contributed by atoms with Gasteiger partial charge in [-0.25, -0.2) is 0 Å². The van der Waals surface area contributed by atoms with Crippen molar-refractivity contribution in [1.29, 1.82) is 0 Å². The van der Waals surface area contributed by atoms with Crippen LogP contribution in [0.25, 0.3) is 5.65 Å². The third-order valence-corrected chi connectivity index (χ3v) is 5.80. The Kier molecular flexibility index (Phi) is 7.91. The molecule has 0 fully saturated rings. The fraction of sp³-hybridized carbons (Fsp3) is 0.381. The number of unbranched alkanes of at least 4 members (excludes halogenated alkanes) is 1. The molecule has 0 radical (unpaired) electrons. The predicted molar refractivity (Wildman–Crippen MR) is 119 cm³/mol. The summed E-state index contributed by atoms with van der Waals surface area (Å²) < 4.78 is 3.05. The highest BCUT2D eigenvalue weighted by Crippen LogP contribution is 2.19. The van der Waals surface area contributed by atoms with Gasteiger partial charge in [-0.2, -0.15) is 11.8 Å². The number of amides is 1. The molecule has 0 aliphatic heterocycles. The Bertz CT molecular complexity index is 897. The number of pyridine rings is 1. The van der Waals surface area contributed by atoms with Crippen molar-refractivity contribution in [2.24, 2.45) is 0 Å². The lowest BCUT2D eigenvalue weighted by Crippen LogP contribution is -2.30. The van der Waals surface area contributed by atoms with Gasteiger partial charge in [0.05, 0.1) is 6.04 Å². The van der Waals surface area contributed by atoms with Crippen LogP contribution in [0.4, 0.5) is 0 Å². The number of rotatable bonds is 10. The summed E-state index contributed by atoms with van der Waals surface area (Å²) in [4.78, 5) is 12.5. The molecule has 0 spiro atoms. The number of fused-ring (bicyclic) bond motifs is 1. The second-order valence-electron chi connectivity index (χ2n) is 6.72. The molecule has 2 heterocycles. The molecule has 3 aromatic rings. The Labute approximate surface area is 178 Å². The van der Waals surface area contributed by atoms with Gasteiger partial charge in [-0.3, -0.25) is 9.20 Å². The molecule has 0 aliphatic rings. The van der Waals surface area contributed by atoms with E-state index in [9.17, 15) is 4.79 Å². The molecular formula is C21H25BrN4OS. The van der Waals surface area contributed by atoms with Crippen LogP contribution in [0.15, 0.2) is 53.1 Å². The van der Waals surface area contributed by atoms with Crippen molar-refractivity contribution >= 4 is 39.2 Å². The third-order valence-electron chi connectivity index (χ3n) is 4.63. The van der Waals surface area contributed by atoms with E-state index in [0.717, 1.165) is 47.4 Å². The van der Waals surface area contributed by atoms with Crippen molar-refractivity contribution in [1.82, 2.24) is 19.9 Å². The van der Waals surface area contributed by atoms with Crippen LogP contribution in [-0.4, -0.2) is 32.5 Å². The molecular weight excluding hydrogens is 436 g/mol. The number of hydrogen-bond acceptors (Lipinski definition) is 4. The summed E-state index contributed by atoms with van der Waals surface area (Å²) in [5.74, 6) is 1.83. The van der Waals surface area contributed by atoms with Crippen molar-refractivity contribution in [2.45, 2.75) is 38.1 Å². The normalized spacial score (nSPS) is 12.2. The van der Waals surface area contributed by atoms with Crippen LogP contribution in [-0.2, 0) is 11.2 Å². The molecule has 5 nitrogen and oxygen atoms in total. The highest BCUT2D eigenvalue weighted by atomic mass is 79.9. The number of aromatic nitrogens is 3. The first kappa shape index (κ1) is 20.9. The standard InChI is InChI=1S/C21H25BrN4OS/c1-28-15-13-18(21-25-24-19-7-4-5-14-26(19)21)23-20(27)8-3-2-6-16-9-11-17(22)12-10-16/h4-5,7,9-12,14,18H,2-3,6,8,13,15H2,1H3,(H,23,27). The lowest BCUT2D eigenvalue weighted by molar-refractivity contribution is -0.122. The van der Waals surface area contributed by atoms with Crippen molar-refractivity contribution in [3.05, 3.63) is 64.5 Å². The molecule has 1 N–H and O–H groups in total. The third kappa shape index (κ3) is 5.82. The molecule has 3 rings (SSSR count). The monoisotopic (exact) mass is 460 g/mol. The zero-order chi connectivity index (χ0) is 19.8. The lowest BCUT2D eigenvalue weighted by atomic mass is 10.1. The van der Waals surface area contributed by atoms with Crippen LogP contribution >= 0.6 is 27.7 Å². The molecule has 0 saturated heterocycles. The SMILES string of the molecule is CSCCC(NC(=O)CCCCc1ccc(Br)cc1)c1nnc2ccccn12. The number of halogens is 1. The van der Waals surface area contributed by atoms with E-state index in [4.69, 9.17) is 0 Å². The van der Waals surface area contributed by atoms with Crippen molar-refractivity contribution in [3.8, 4) is 0 Å². The van der Waals surface area contributed by atoms with Crippen LogP contribution in [0.3, 0.4) is 0 Å². The van der Waals surface area contributed by atoms with Gasteiger partial charge in [0.15, 0.2) is 11.5 Å². The Morgan fingerprint density at radius 3 is 2.79 bits per heavy atom. The summed E-state index contributed by atoms with van der Waals surface area (Å²) in [7, 11) is 0. The number of nitrogens with one attached hydrogen (secondary N) is 1. The van der Waals surface area contributed by atoms with Gasteiger partial charge in [-0.05, 0) is 67.5 Å². The average Bonchev–Trinajstić information content (AvgIpc) is 3.14. The van der Waals surface area contributed by atoms with Gasteiger partial charge in [0.2, 0.25) is 5.91 Å². The Morgan fingerprint density at radius 2 is 2.00 bits per heavy atom. The fourth-order valence-corrected chi connectivity index (χ4v) is 3.87. The van der Waals surface area contributed by atoms with Crippen molar-refractivity contribution in [3.63, 3.8) is 0 Å². The van der Waals surface area contributed by atoms with Crippen LogP contribution < -0.4 is 5.32 Å². The summed E-state index contributed by atoms with van der Waals surface area (Å²) in [5.41, 5.74) is 2.10. The molecule has 1 aromatic carbocycles. The first-order chi connectivity index (χ1) is 13.7. The largest absolute Gasteiger partial charge is 0.346 e. The minimum Gasteiger partial charge on any atom is -0.346 e. The predicted octanol–water partition coefficient (Wildman–Crippen LogP) is 4.82. The lowest BCUT2D eigenvalue weighted by Gasteiger charge is -2.17. The molecule has 148 valence electrons. The molecule has 1 unspecified atom stereocenters. The number of carbonyl (C=O) groups is 1. The number of carbonyl (C=O) groups excluding carboxylic acids is 1. The summed E-state index contributed by atoms with van der Waals surface area (Å²) in [6.45, 7) is 0. The molecule has 28 heavy (non-hydrogen) atoms. The minimum absolute atomic E-state index is 0.0783. The second kappa shape index (κ2) is 10.6. The van der Waals surface area contributed by atoms with E-state index in [1.807, 2.05) is 28.8 Å². The van der Waals surface area contributed by atoms with E-state index in [1.165, 1.54) is 5.56 Å². The van der Waals surface area contributed by atoms with Gasteiger partial charge >= 0.3 is 0 Å². The maximum absolute atomic E-state index is 12.5. The fourth-order valence-electron chi connectivity index (χ4n) is 3.13. The van der Waals surface area contributed by atoms with Gasteiger partial charge in [-0.1, -0.05) is 34.1 Å². The number of thioether (sulfide) groups is 1. The van der Waals surface area contributed by atoms with Gasteiger partial charge in [0, 0.05) is 17.1 Å². The van der Waals surface area contributed by atoms with Crippen molar-refractivity contribution < 1.29 is 4.79 Å². The molecule has 0 aliphatic carbocycles. The van der Waals surface area contributed by atoms with E-state index < -0.39 is 0 Å². The number of benzene rings is 1. The van der Waals surface area contributed by atoms with Gasteiger partial charge < -0.3 is 5.32 Å².